The van der Waals surface area contributed by atoms with Crippen LogP contribution in [0, 0.1) is 0 Å². The van der Waals surface area contributed by atoms with Gasteiger partial charge in [0.2, 0.25) is 0 Å². The van der Waals surface area contributed by atoms with Gasteiger partial charge in [0.05, 0.1) is 0 Å². The zero-order valence-electron chi connectivity index (χ0n) is 9.76. The van der Waals surface area contributed by atoms with Crippen LogP contribution >= 0.6 is 11.8 Å². The summed E-state index contributed by atoms with van der Waals surface area (Å²) >= 11 is 1.95. The van der Waals surface area contributed by atoms with E-state index in [1.165, 1.54) is 32.1 Å². The van der Waals surface area contributed by atoms with Crippen molar-refractivity contribution in [2.75, 3.05) is 0 Å². The predicted molar refractivity (Wildman–Crippen MR) is 69.4 cm³/mol. The molecule has 1 fully saturated rings. The van der Waals surface area contributed by atoms with Crippen molar-refractivity contribution < 1.29 is 9.90 Å². The van der Waals surface area contributed by atoms with Crippen LogP contribution in [0.15, 0.2) is 18.3 Å². The van der Waals surface area contributed by atoms with Crippen molar-refractivity contribution in [3.63, 3.8) is 0 Å². The first-order valence-corrected chi connectivity index (χ1v) is 7.10. The largest absolute Gasteiger partial charge is 0.477 e. The molecule has 0 spiro atoms. The van der Waals surface area contributed by atoms with Gasteiger partial charge >= 0.3 is 5.97 Å². The minimum Gasteiger partial charge on any atom is -0.477 e. The first-order chi connectivity index (χ1) is 8.25. The van der Waals surface area contributed by atoms with Crippen LogP contribution in [0.1, 0.15) is 48.2 Å². The highest BCUT2D eigenvalue weighted by atomic mass is 32.2. The van der Waals surface area contributed by atoms with E-state index in [9.17, 15) is 4.79 Å². The zero-order chi connectivity index (χ0) is 12.1. The molecular weight excluding hydrogens is 234 g/mol. The van der Waals surface area contributed by atoms with Crippen molar-refractivity contribution in [1.82, 2.24) is 4.98 Å². The number of carboxylic acid groups (broad SMARTS) is 1. The van der Waals surface area contributed by atoms with Gasteiger partial charge in [0.1, 0.15) is 5.69 Å². The molecule has 0 aromatic carbocycles. The molecule has 1 aliphatic rings. The van der Waals surface area contributed by atoms with Gasteiger partial charge in [0.25, 0.3) is 0 Å². The van der Waals surface area contributed by atoms with Crippen LogP contribution < -0.4 is 0 Å². The Morgan fingerprint density at radius 2 is 2.18 bits per heavy atom. The van der Waals surface area contributed by atoms with Crippen molar-refractivity contribution in [1.29, 1.82) is 0 Å². The molecule has 0 aliphatic heterocycles. The minimum absolute atomic E-state index is 0.145. The Kier molecular flexibility index (Phi) is 4.42. The van der Waals surface area contributed by atoms with Gasteiger partial charge in [-0.05, 0) is 30.5 Å². The molecule has 1 aliphatic carbocycles. The summed E-state index contributed by atoms with van der Waals surface area (Å²) in [6.45, 7) is 0. The standard InChI is InChI=1S/C13H17NO2S/c15-13(16)12-8-10(6-7-14-12)9-17-11-4-2-1-3-5-11/h6-8,11H,1-5,9H2,(H,15,16). The Bertz CT molecular complexity index is 389. The highest BCUT2D eigenvalue weighted by Gasteiger charge is 2.14. The highest BCUT2D eigenvalue weighted by Crippen LogP contribution is 2.30. The summed E-state index contributed by atoms with van der Waals surface area (Å²) in [5.41, 5.74) is 1.21. The van der Waals surface area contributed by atoms with E-state index in [1.54, 1.807) is 12.3 Å². The average molecular weight is 251 g/mol. The maximum absolute atomic E-state index is 10.8. The van der Waals surface area contributed by atoms with Crippen molar-refractivity contribution in [2.45, 2.75) is 43.1 Å². The molecule has 1 aromatic heterocycles. The van der Waals surface area contributed by atoms with E-state index in [0.29, 0.717) is 0 Å². The summed E-state index contributed by atoms with van der Waals surface area (Å²) in [5.74, 6) is -0.0532. The summed E-state index contributed by atoms with van der Waals surface area (Å²) < 4.78 is 0. The van der Waals surface area contributed by atoms with E-state index in [-0.39, 0.29) is 5.69 Å². The molecule has 3 nitrogen and oxygen atoms in total. The number of hydrogen-bond donors (Lipinski definition) is 1. The second-order valence-electron chi connectivity index (χ2n) is 4.43. The summed E-state index contributed by atoms with van der Waals surface area (Å²) in [7, 11) is 0. The number of carboxylic acids is 1. The number of carbonyl (C=O) groups is 1. The summed E-state index contributed by atoms with van der Waals surface area (Å²) in [5, 5.41) is 9.61. The van der Waals surface area contributed by atoms with Crippen molar-refractivity contribution >= 4 is 17.7 Å². The normalized spacial score (nSPS) is 16.9. The van der Waals surface area contributed by atoms with Crippen LogP contribution in [-0.4, -0.2) is 21.3 Å². The molecule has 0 amide bonds. The molecule has 17 heavy (non-hydrogen) atoms. The lowest BCUT2D eigenvalue weighted by atomic mass is 10.0. The number of thioether (sulfide) groups is 1. The van der Waals surface area contributed by atoms with Crippen LogP contribution in [0.25, 0.3) is 0 Å². The van der Waals surface area contributed by atoms with Crippen LogP contribution in [0.4, 0.5) is 0 Å². The third-order valence-electron chi connectivity index (χ3n) is 3.08. The van der Waals surface area contributed by atoms with Crippen molar-refractivity contribution in [3.05, 3.63) is 29.6 Å². The third-order valence-corrected chi connectivity index (χ3v) is 4.52. The zero-order valence-corrected chi connectivity index (χ0v) is 10.6. The summed E-state index contributed by atoms with van der Waals surface area (Å²) in [4.78, 5) is 14.6. The Hall–Kier alpha value is -1.03. The van der Waals surface area contributed by atoms with Gasteiger partial charge in [-0.1, -0.05) is 19.3 Å². The van der Waals surface area contributed by atoms with Gasteiger partial charge in [0, 0.05) is 17.2 Å². The van der Waals surface area contributed by atoms with Gasteiger partial charge in [-0.15, -0.1) is 0 Å². The van der Waals surface area contributed by atoms with Gasteiger partial charge in [-0.2, -0.15) is 11.8 Å². The molecule has 0 unspecified atom stereocenters. The Morgan fingerprint density at radius 1 is 1.41 bits per heavy atom. The molecule has 4 heteroatoms. The quantitative estimate of drug-likeness (QED) is 0.891. The fourth-order valence-electron chi connectivity index (χ4n) is 2.13. The fraction of sp³-hybridized carbons (Fsp3) is 0.538. The molecule has 1 aromatic rings. The van der Waals surface area contributed by atoms with Crippen LogP contribution in [0.2, 0.25) is 0 Å². The molecule has 0 bridgehead atoms. The molecule has 1 heterocycles. The smallest absolute Gasteiger partial charge is 0.354 e. The lowest BCUT2D eigenvalue weighted by molar-refractivity contribution is 0.0690. The monoisotopic (exact) mass is 251 g/mol. The number of aromatic nitrogens is 1. The Balaban J connectivity index is 1.89. The van der Waals surface area contributed by atoms with Crippen LogP contribution in [0.5, 0.6) is 0 Å². The molecule has 0 atom stereocenters. The minimum atomic E-state index is -0.950. The van der Waals surface area contributed by atoms with E-state index < -0.39 is 5.97 Å². The van der Waals surface area contributed by atoms with Crippen molar-refractivity contribution in [2.24, 2.45) is 0 Å². The van der Waals surface area contributed by atoms with E-state index in [4.69, 9.17) is 5.11 Å². The number of pyridine rings is 1. The van der Waals surface area contributed by atoms with Gasteiger partial charge in [0.15, 0.2) is 0 Å². The highest BCUT2D eigenvalue weighted by molar-refractivity contribution is 7.99. The Morgan fingerprint density at radius 3 is 2.88 bits per heavy atom. The van der Waals surface area contributed by atoms with Gasteiger partial charge in [-0.3, -0.25) is 0 Å². The molecule has 0 saturated heterocycles. The SMILES string of the molecule is O=C(O)c1cc(CSC2CCCCC2)ccn1. The number of nitrogens with zero attached hydrogens (tertiary/aromatic N) is 1. The van der Waals surface area contributed by atoms with E-state index in [0.717, 1.165) is 16.6 Å². The second-order valence-corrected chi connectivity index (χ2v) is 5.71. The average Bonchev–Trinajstić information content (AvgIpc) is 2.38. The summed E-state index contributed by atoms with van der Waals surface area (Å²) in [6, 6.07) is 3.58. The molecule has 0 radical (unpaired) electrons. The maximum atomic E-state index is 10.8. The Labute approximate surface area is 106 Å². The van der Waals surface area contributed by atoms with Gasteiger partial charge < -0.3 is 5.11 Å². The number of rotatable bonds is 4. The first kappa shape index (κ1) is 12.4. The van der Waals surface area contributed by atoms with Crippen LogP contribution in [0.3, 0.4) is 0 Å². The number of hydrogen-bond acceptors (Lipinski definition) is 3. The van der Waals surface area contributed by atoms with E-state index in [2.05, 4.69) is 4.98 Å². The maximum Gasteiger partial charge on any atom is 0.354 e. The van der Waals surface area contributed by atoms with Crippen molar-refractivity contribution in [3.8, 4) is 0 Å². The van der Waals surface area contributed by atoms with Gasteiger partial charge in [-0.25, -0.2) is 9.78 Å². The lowest BCUT2D eigenvalue weighted by Crippen LogP contribution is -2.08. The summed E-state index contributed by atoms with van der Waals surface area (Å²) in [6.07, 6.45) is 8.25. The molecule has 1 N–H and O–H groups in total. The number of aromatic carboxylic acids is 1. The fourth-order valence-corrected chi connectivity index (χ4v) is 3.40. The van der Waals surface area contributed by atoms with Crippen LogP contribution in [-0.2, 0) is 5.75 Å². The third kappa shape index (κ3) is 3.73. The topological polar surface area (TPSA) is 50.2 Å². The first-order valence-electron chi connectivity index (χ1n) is 6.05. The predicted octanol–water partition coefficient (Wildman–Crippen LogP) is 3.35. The molecular formula is C13H17NO2S. The molecule has 2 rings (SSSR count). The second kappa shape index (κ2) is 6.05. The lowest BCUT2D eigenvalue weighted by Gasteiger charge is -2.20. The van der Waals surface area contributed by atoms with E-state index in [1.807, 2.05) is 17.8 Å². The molecule has 1 saturated carbocycles. The van der Waals surface area contributed by atoms with E-state index >= 15 is 0 Å². The molecule has 92 valence electrons.